The van der Waals surface area contributed by atoms with Gasteiger partial charge in [0.15, 0.2) is 11.5 Å². The molecule has 1 aliphatic carbocycles. The first-order valence-electron chi connectivity index (χ1n) is 11.7. The maximum atomic E-state index is 14.4. The van der Waals surface area contributed by atoms with E-state index in [-0.39, 0.29) is 38.4 Å². The highest BCUT2D eigenvalue weighted by Crippen LogP contribution is 2.50. The smallest absolute Gasteiger partial charge is 0.425 e. The first-order valence-corrected chi connectivity index (χ1v) is 12.4. The number of allylic oxidation sites excluding steroid dienone is 4. The van der Waals surface area contributed by atoms with Crippen LogP contribution in [0.4, 0.5) is 13.2 Å². The molecule has 6 nitrogen and oxygen atoms in total. The first kappa shape index (κ1) is 28.6. The highest BCUT2D eigenvalue weighted by atomic mass is 35.5. The Hall–Kier alpha value is -3.40. The number of aliphatic hydroxyl groups is 1. The average molecular weight is 580 g/mol. The molecule has 0 bridgehead atoms. The monoisotopic (exact) mass is 579 g/mol. The van der Waals surface area contributed by atoms with Crippen LogP contribution in [0.5, 0.6) is 0 Å². The summed E-state index contributed by atoms with van der Waals surface area (Å²) in [6.45, 7) is 2.80. The number of hydrogen-bond donors (Lipinski definition) is 1. The van der Waals surface area contributed by atoms with Crippen molar-refractivity contribution in [1.29, 1.82) is 0 Å². The number of carbonyl (C=O) groups is 2. The van der Waals surface area contributed by atoms with Crippen LogP contribution in [0.15, 0.2) is 65.2 Å². The van der Waals surface area contributed by atoms with Gasteiger partial charge in [-0.1, -0.05) is 67.4 Å². The number of esters is 1. The third-order valence-corrected chi connectivity index (χ3v) is 7.33. The summed E-state index contributed by atoms with van der Waals surface area (Å²) < 4.78 is 53.4. The molecule has 204 valence electrons. The number of benzene rings is 2. The van der Waals surface area contributed by atoms with E-state index in [1.165, 1.54) is 43.5 Å². The molecule has 1 aliphatic rings. The molecule has 0 radical (unpaired) electrons. The van der Waals surface area contributed by atoms with Gasteiger partial charge in [0.2, 0.25) is 11.5 Å². The van der Waals surface area contributed by atoms with E-state index < -0.39 is 35.3 Å². The minimum Gasteiger partial charge on any atom is -0.465 e. The van der Waals surface area contributed by atoms with E-state index in [1.807, 2.05) is 0 Å². The summed E-state index contributed by atoms with van der Waals surface area (Å²) in [7, 11) is 1.22. The molecule has 0 spiro atoms. The van der Waals surface area contributed by atoms with Gasteiger partial charge in [-0.25, -0.2) is 9.78 Å². The maximum absolute atomic E-state index is 14.4. The fraction of sp³-hybridized carbons (Fsp3) is 0.250. The number of ketones is 1. The molecule has 0 saturated heterocycles. The fourth-order valence-electron chi connectivity index (χ4n) is 4.34. The predicted molar refractivity (Wildman–Crippen MR) is 139 cm³/mol. The van der Waals surface area contributed by atoms with Crippen molar-refractivity contribution in [3.63, 3.8) is 0 Å². The summed E-state index contributed by atoms with van der Waals surface area (Å²) in [5.74, 6) is -4.32. The van der Waals surface area contributed by atoms with Crippen molar-refractivity contribution in [1.82, 2.24) is 4.98 Å². The molecule has 1 aromatic heterocycles. The molecule has 3 unspecified atom stereocenters. The highest BCUT2D eigenvalue weighted by molar-refractivity contribution is 6.34. The van der Waals surface area contributed by atoms with Gasteiger partial charge in [-0.05, 0) is 41.0 Å². The summed E-state index contributed by atoms with van der Waals surface area (Å²) in [5, 5.41) is 11.2. The lowest BCUT2D eigenvalue weighted by atomic mass is 9.80. The van der Waals surface area contributed by atoms with Crippen LogP contribution in [0.2, 0.25) is 10.0 Å². The van der Waals surface area contributed by atoms with Crippen LogP contribution >= 0.6 is 23.2 Å². The second kappa shape index (κ2) is 10.6. The molecule has 0 fully saturated rings. The lowest BCUT2D eigenvalue weighted by Gasteiger charge is -2.34. The maximum Gasteiger partial charge on any atom is 0.425 e. The molecular weight excluding hydrogens is 558 g/mol. The minimum atomic E-state index is -5.19. The summed E-state index contributed by atoms with van der Waals surface area (Å²) in [6.07, 6.45) is 0.191. The second-order valence-corrected chi connectivity index (χ2v) is 9.87. The van der Waals surface area contributed by atoms with Crippen molar-refractivity contribution in [2.24, 2.45) is 5.92 Å². The number of methoxy groups -OCH3 is 1. The van der Waals surface area contributed by atoms with E-state index in [0.717, 1.165) is 13.1 Å². The molecule has 0 amide bonds. The Balaban J connectivity index is 1.71. The number of halogens is 5. The van der Waals surface area contributed by atoms with Crippen LogP contribution in [0.25, 0.3) is 16.7 Å². The number of ether oxygens (including phenoxy) is 1. The topological polar surface area (TPSA) is 89.6 Å². The Bertz CT molecular complexity index is 1510. The predicted octanol–water partition coefficient (Wildman–Crippen LogP) is 7.15. The number of alkyl halides is 3. The van der Waals surface area contributed by atoms with Gasteiger partial charge in [-0.2, -0.15) is 13.2 Å². The van der Waals surface area contributed by atoms with Crippen LogP contribution < -0.4 is 0 Å². The van der Waals surface area contributed by atoms with Crippen molar-refractivity contribution in [3.8, 4) is 11.1 Å². The van der Waals surface area contributed by atoms with E-state index in [2.05, 4.69) is 9.72 Å². The van der Waals surface area contributed by atoms with Crippen LogP contribution in [0, 0.1) is 5.92 Å². The molecule has 3 aromatic rings. The zero-order valence-electron chi connectivity index (χ0n) is 20.8. The van der Waals surface area contributed by atoms with E-state index in [1.54, 1.807) is 25.1 Å². The van der Waals surface area contributed by atoms with E-state index >= 15 is 0 Å². The number of aromatic nitrogens is 1. The molecular formula is C28H22Cl2F3NO5. The van der Waals surface area contributed by atoms with Gasteiger partial charge in [-0.3, -0.25) is 4.79 Å². The van der Waals surface area contributed by atoms with Crippen molar-refractivity contribution in [3.05, 3.63) is 93.6 Å². The average Bonchev–Trinajstić information content (AvgIpc) is 3.38. The van der Waals surface area contributed by atoms with E-state index in [4.69, 9.17) is 27.6 Å². The number of nitrogens with zero attached hydrogens (tertiary/aromatic N) is 1. The molecule has 39 heavy (non-hydrogen) atoms. The van der Waals surface area contributed by atoms with Crippen LogP contribution in [0.3, 0.4) is 0 Å². The van der Waals surface area contributed by atoms with Crippen LogP contribution in [0.1, 0.15) is 47.3 Å². The van der Waals surface area contributed by atoms with Gasteiger partial charge in [0.25, 0.3) is 0 Å². The molecule has 2 aromatic carbocycles. The number of oxazole rings is 1. The zero-order chi connectivity index (χ0) is 28.7. The van der Waals surface area contributed by atoms with E-state index in [0.29, 0.717) is 11.1 Å². The van der Waals surface area contributed by atoms with E-state index in [9.17, 15) is 27.9 Å². The third-order valence-electron chi connectivity index (χ3n) is 6.69. The van der Waals surface area contributed by atoms with Gasteiger partial charge in [0.05, 0.1) is 29.5 Å². The van der Waals surface area contributed by atoms with Gasteiger partial charge in [-0.15, -0.1) is 0 Å². The molecule has 3 atom stereocenters. The van der Waals surface area contributed by atoms with Crippen LogP contribution in [-0.2, 0) is 15.1 Å². The molecule has 4 rings (SSSR count). The lowest BCUT2D eigenvalue weighted by molar-refractivity contribution is -0.280. The molecule has 11 heteroatoms. The largest absolute Gasteiger partial charge is 0.465 e. The summed E-state index contributed by atoms with van der Waals surface area (Å²) in [4.78, 5) is 28.1. The fourth-order valence-corrected chi connectivity index (χ4v) is 4.94. The normalized spacial score (nSPS) is 17.9. The quantitative estimate of drug-likeness (QED) is 0.312. The second-order valence-electron chi connectivity index (χ2n) is 9.06. The molecule has 1 N–H and O–H groups in total. The number of hydrogen-bond acceptors (Lipinski definition) is 6. The van der Waals surface area contributed by atoms with Crippen molar-refractivity contribution in [2.75, 3.05) is 7.11 Å². The molecule has 0 aliphatic heterocycles. The van der Waals surface area contributed by atoms with Gasteiger partial charge >= 0.3 is 12.1 Å². The molecule has 0 saturated carbocycles. The Morgan fingerprint density at radius 2 is 1.77 bits per heavy atom. The number of Topliss-reactive ketones (excluding diaryl/α,β-unsaturated/α-hetero) is 1. The zero-order valence-corrected chi connectivity index (χ0v) is 22.4. The van der Waals surface area contributed by atoms with Gasteiger partial charge < -0.3 is 14.3 Å². The Morgan fingerprint density at radius 1 is 1.13 bits per heavy atom. The lowest BCUT2D eigenvalue weighted by Crippen LogP contribution is -2.46. The minimum absolute atomic E-state index is 0.00712. The SMILES string of the molecule is COC(=O)c1ccc(-c2ccc(C(C)C(O)(c3cnc(C4=CC=CC(C)C4=O)o3)C(F)(F)F)c(Cl)c2)cc1Cl. The van der Waals surface area contributed by atoms with Gasteiger partial charge in [0.1, 0.15) is 0 Å². The van der Waals surface area contributed by atoms with Crippen LogP contribution in [-0.4, -0.2) is 35.1 Å². The summed E-state index contributed by atoms with van der Waals surface area (Å²) in [5.41, 5.74) is -2.32. The highest BCUT2D eigenvalue weighted by Gasteiger charge is 2.61. The van der Waals surface area contributed by atoms with Crippen molar-refractivity contribution < 1.29 is 37.0 Å². The standard InChI is InChI=1S/C28H22Cl2F3NO5/c1-14-5-4-6-20(24(14)35)25-34-13-23(39-25)27(37,28(31,32)33)15(2)18-9-7-16(11-21(18)29)17-8-10-19(22(30)12-17)26(36)38-3/h4-15,37H,1-3H3. The number of carbonyl (C=O) groups excluding carboxylic acids is 2. The Morgan fingerprint density at radius 3 is 2.36 bits per heavy atom. The third kappa shape index (κ3) is 5.14. The first-order chi connectivity index (χ1) is 18.3. The Kier molecular flexibility index (Phi) is 7.80. The van der Waals surface area contributed by atoms with Crippen molar-refractivity contribution >= 4 is 40.5 Å². The Labute approximate surface area is 231 Å². The number of rotatable bonds is 6. The summed E-state index contributed by atoms with van der Waals surface area (Å²) in [6, 6.07) is 8.86. The summed E-state index contributed by atoms with van der Waals surface area (Å²) >= 11 is 12.6. The van der Waals surface area contributed by atoms with Crippen molar-refractivity contribution in [2.45, 2.75) is 31.5 Å². The van der Waals surface area contributed by atoms with Gasteiger partial charge in [0, 0.05) is 16.9 Å². The molecule has 1 heterocycles.